The fourth-order valence-corrected chi connectivity index (χ4v) is 2.06. The first-order valence-corrected chi connectivity index (χ1v) is 5.80. The fourth-order valence-electron chi connectivity index (χ4n) is 2.06. The summed E-state index contributed by atoms with van der Waals surface area (Å²) >= 11 is 0. The number of ether oxygens (including phenoxy) is 1. The molecule has 0 bridgehead atoms. The number of nitrogens with zero attached hydrogens (tertiary/aromatic N) is 3. The molecule has 96 valence electrons. The molecule has 1 aromatic carbocycles. The van der Waals surface area contributed by atoms with Crippen LogP contribution >= 0.6 is 0 Å². The Morgan fingerprint density at radius 3 is 2.56 bits per heavy atom. The van der Waals surface area contributed by atoms with Crippen LogP contribution in [0.25, 0.3) is 5.69 Å². The number of hydrogen-bond acceptors (Lipinski definition) is 4. The third kappa shape index (κ3) is 2.09. The van der Waals surface area contributed by atoms with Crippen LogP contribution in [0.1, 0.15) is 30.2 Å². The van der Waals surface area contributed by atoms with Gasteiger partial charge < -0.3 is 9.84 Å². The molecule has 0 aliphatic rings. The Bertz CT molecular complexity index is 561. The molecule has 0 spiro atoms. The lowest BCUT2D eigenvalue weighted by Gasteiger charge is -2.16. The zero-order valence-electron chi connectivity index (χ0n) is 11.0. The van der Waals surface area contributed by atoms with Gasteiger partial charge in [-0.15, -0.1) is 0 Å². The lowest BCUT2D eigenvalue weighted by Crippen LogP contribution is -2.07. The van der Waals surface area contributed by atoms with E-state index < -0.39 is 6.10 Å². The third-order valence-corrected chi connectivity index (χ3v) is 2.78. The van der Waals surface area contributed by atoms with Crippen molar-refractivity contribution < 1.29 is 9.84 Å². The normalized spacial score (nSPS) is 12.5. The van der Waals surface area contributed by atoms with Crippen LogP contribution < -0.4 is 4.74 Å². The van der Waals surface area contributed by atoms with Gasteiger partial charge in [-0.25, -0.2) is 9.67 Å². The van der Waals surface area contributed by atoms with Crippen molar-refractivity contribution in [2.75, 3.05) is 7.11 Å². The molecule has 1 heterocycles. The van der Waals surface area contributed by atoms with E-state index in [2.05, 4.69) is 10.1 Å². The lowest BCUT2D eigenvalue weighted by atomic mass is 10.1. The largest absolute Gasteiger partial charge is 0.496 e. The lowest BCUT2D eigenvalue weighted by molar-refractivity contribution is 0.194. The van der Waals surface area contributed by atoms with E-state index in [0.717, 1.165) is 11.5 Å². The van der Waals surface area contributed by atoms with Crippen molar-refractivity contribution in [3.05, 3.63) is 35.4 Å². The molecule has 1 unspecified atom stereocenters. The zero-order valence-corrected chi connectivity index (χ0v) is 11.0. The van der Waals surface area contributed by atoms with Gasteiger partial charge >= 0.3 is 0 Å². The summed E-state index contributed by atoms with van der Waals surface area (Å²) in [7, 11) is 1.59. The highest BCUT2D eigenvalue weighted by Crippen LogP contribution is 2.31. The molecule has 0 saturated heterocycles. The van der Waals surface area contributed by atoms with Crippen molar-refractivity contribution in [2.24, 2.45) is 0 Å². The molecule has 1 aromatic heterocycles. The minimum Gasteiger partial charge on any atom is -0.496 e. The minimum atomic E-state index is -0.639. The van der Waals surface area contributed by atoms with Crippen LogP contribution in [-0.2, 0) is 0 Å². The number of benzene rings is 1. The monoisotopic (exact) mass is 247 g/mol. The van der Waals surface area contributed by atoms with E-state index in [0.29, 0.717) is 17.1 Å². The Morgan fingerprint density at radius 1 is 1.33 bits per heavy atom. The van der Waals surface area contributed by atoms with Gasteiger partial charge in [0.15, 0.2) is 0 Å². The van der Waals surface area contributed by atoms with Crippen molar-refractivity contribution in [1.29, 1.82) is 0 Å². The van der Waals surface area contributed by atoms with Crippen molar-refractivity contribution in [2.45, 2.75) is 26.9 Å². The molecular weight excluding hydrogens is 230 g/mol. The third-order valence-electron chi connectivity index (χ3n) is 2.78. The van der Waals surface area contributed by atoms with E-state index in [1.807, 2.05) is 32.0 Å². The molecule has 0 radical (unpaired) electrons. The summed E-state index contributed by atoms with van der Waals surface area (Å²) in [4.78, 5) is 4.27. The Labute approximate surface area is 106 Å². The molecule has 5 heteroatoms. The summed E-state index contributed by atoms with van der Waals surface area (Å²) in [6.45, 7) is 5.43. The van der Waals surface area contributed by atoms with Crippen molar-refractivity contribution in [1.82, 2.24) is 14.8 Å². The van der Waals surface area contributed by atoms with Crippen molar-refractivity contribution in [3.63, 3.8) is 0 Å². The second kappa shape index (κ2) is 4.78. The predicted molar refractivity (Wildman–Crippen MR) is 68.0 cm³/mol. The Kier molecular flexibility index (Phi) is 3.34. The molecule has 1 atom stereocenters. The van der Waals surface area contributed by atoms with Gasteiger partial charge in [0.05, 0.1) is 18.9 Å². The fraction of sp³-hybridized carbons (Fsp3) is 0.385. The first kappa shape index (κ1) is 12.6. The van der Waals surface area contributed by atoms with Gasteiger partial charge in [0, 0.05) is 5.56 Å². The molecule has 18 heavy (non-hydrogen) atoms. The summed E-state index contributed by atoms with van der Waals surface area (Å²) in [6.07, 6.45) is -0.639. The number of aliphatic hydroxyl groups is 1. The average molecular weight is 247 g/mol. The summed E-state index contributed by atoms with van der Waals surface area (Å²) in [5.41, 5.74) is 1.51. The Morgan fingerprint density at radius 2 is 2.06 bits per heavy atom. The molecule has 5 nitrogen and oxygen atoms in total. The highest BCUT2D eigenvalue weighted by atomic mass is 16.5. The number of hydrogen-bond donors (Lipinski definition) is 1. The van der Waals surface area contributed by atoms with Crippen LogP contribution in [0.15, 0.2) is 18.2 Å². The van der Waals surface area contributed by atoms with Crippen molar-refractivity contribution >= 4 is 0 Å². The number of rotatable bonds is 3. The van der Waals surface area contributed by atoms with Gasteiger partial charge in [0.2, 0.25) is 0 Å². The first-order chi connectivity index (χ1) is 8.54. The van der Waals surface area contributed by atoms with Gasteiger partial charge in [-0.3, -0.25) is 0 Å². The van der Waals surface area contributed by atoms with E-state index in [1.165, 1.54) is 0 Å². The standard InChI is InChI=1S/C13H17N3O2/c1-8(17)13-11(6-5-7-12(13)18-4)16-10(3)14-9(2)15-16/h5-8,17H,1-4H3. The number of aryl methyl sites for hydroxylation is 2. The molecule has 2 aromatic rings. The molecular formula is C13H17N3O2. The van der Waals surface area contributed by atoms with E-state index in [1.54, 1.807) is 18.7 Å². The molecule has 0 fully saturated rings. The maximum Gasteiger partial charge on any atom is 0.148 e. The molecule has 0 aliphatic carbocycles. The molecule has 0 amide bonds. The van der Waals surface area contributed by atoms with E-state index >= 15 is 0 Å². The van der Waals surface area contributed by atoms with E-state index in [4.69, 9.17) is 4.74 Å². The van der Waals surface area contributed by atoms with Gasteiger partial charge in [0.25, 0.3) is 0 Å². The Balaban J connectivity index is 2.67. The summed E-state index contributed by atoms with van der Waals surface area (Å²) < 4.78 is 7.02. The van der Waals surface area contributed by atoms with Crippen LogP contribution in [0.3, 0.4) is 0 Å². The van der Waals surface area contributed by atoms with Gasteiger partial charge in [-0.1, -0.05) is 6.07 Å². The summed E-state index contributed by atoms with van der Waals surface area (Å²) in [5.74, 6) is 2.13. The predicted octanol–water partition coefficient (Wildman–Crippen LogP) is 1.95. The highest BCUT2D eigenvalue weighted by Gasteiger charge is 2.17. The van der Waals surface area contributed by atoms with Crippen LogP contribution in [0.5, 0.6) is 5.75 Å². The quantitative estimate of drug-likeness (QED) is 0.900. The molecule has 0 aliphatic heterocycles. The topological polar surface area (TPSA) is 60.2 Å². The average Bonchev–Trinajstić information content (AvgIpc) is 2.67. The highest BCUT2D eigenvalue weighted by molar-refractivity contribution is 5.50. The van der Waals surface area contributed by atoms with Crippen LogP contribution in [0, 0.1) is 13.8 Å². The zero-order chi connectivity index (χ0) is 13.3. The van der Waals surface area contributed by atoms with Gasteiger partial charge in [-0.05, 0) is 32.9 Å². The summed E-state index contributed by atoms with van der Waals surface area (Å²) in [5, 5.41) is 14.3. The SMILES string of the molecule is COc1cccc(-n2nc(C)nc2C)c1C(C)O. The van der Waals surface area contributed by atoms with Gasteiger partial charge in [0.1, 0.15) is 17.4 Å². The smallest absolute Gasteiger partial charge is 0.148 e. The number of methoxy groups -OCH3 is 1. The van der Waals surface area contributed by atoms with E-state index in [9.17, 15) is 5.11 Å². The first-order valence-electron chi connectivity index (χ1n) is 5.80. The maximum atomic E-state index is 9.93. The van der Waals surface area contributed by atoms with Crippen LogP contribution in [0.2, 0.25) is 0 Å². The maximum absolute atomic E-state index is 9.93. The molecule has 2 rings (SSSR count). The molecule has 1 N–H and O–H groups in total. The Hall–Kier alpha value is -1.88. The van der Waals surface area contributed by atoms with Gasteiger partial charge in [-0.2, -0.15) is 5.10 Å². The van der Waals surface area contributed by atoms with Crippen LogP contribution in [-0.4, -0.2) is 27.0 Å². The second-order valence-corrected chi connectivity index (χ2v) is 4.19. The van der Waals surface area contributed by atoms with Crippen LogP contribution in [0.4, 0.5) is 0 Å². The summed E-state index contributed by atoms with van der Waals surface area (Å²) in [6, 6.07) is 5.59. The number of aliphatic hydroxyl groups excluding tert-OH is 1. The molecule has 0 saturated carbocycles. The van der Waals surface area contributed by atoms with E-state index in [-0.39, 0.29) is 0 Å². The second-order valence-electron chi connectivity index (χ2n) is 4.19. The van der Waals surface area contributed by atoms with Crippen molar-refractivity contribution in [3.8, 4) is 11.4 Å². The number of aromatic nitrogens is 3. The minimum absolute atomic E-state index is 0.639.